The van der Waals surface area contributed by atoms with Crippen molar-refractivity contribution in [2.75, 3.05) is 0 Å². The summed E-state index contributed by atoms with van der Waals surface area (Å²) in [6.45, 7) is 1.91. The first-order valence-electron chi connectivity index (χ1n) is 5.75. The maximum absolute atomic E-state index is 11.6. The van der Waals surface area contributed by atoms with Crippen LogP contribution in [0.5, 0.6) is 11.5 Å². The normalized spacial score (nSPS) is 11.2. The Balaban J connectivity index is 2.51. The molecule has 0 unspecified atom stereocenters. The summed E-state index contributed by atoms with van der Waals surface area (Å²) < 4.78 is 29.4. The van der Waals surface area contributed by atoms with Gasteiger partial charge in [-0.15, -0.1) is 4.91 Å². The fraction of sp³-hybridized carbons (Fsp3) is 0.0769. The summed E-state index contributed by atoms with van der Waals surface area (Å²) in [6, 6.07) is 9.09. The Morgan fingerprint density at radius 3 is 2.38 bits per heavy atom. The van der Waals surface area contributed by atoms with Gasteiger partial charge < -0.3 is 4.74 Å². The van der Waals surface area contributed by atoms with Crippen molar-refractivity contribution in [3.63, 3.8) is 0 Å². The van der Waals surface area contributed by atoms with Gasteiger partial charge in [0, 0.05) is 0 Å². The van der Waals surface area contributed by atoms with E-state index in [4.69, 9.17) is 9.88 Å². The predicted octanol–water partition coefficient (Wildman–Crippen LogP) is 3.60. The molecule has 8 heteroatoms. The Morgan fingerprint density at radius 2 is 1.81 bits per heavy atom. The van der Waals surface area contributed by atoms with E-state index in [1.165, 1.54) is 12.1 Å². The van der Waals surface area contributed by atoms with Gasteiger partial charge in [0.2, 0.25) is 10.0 Å². The zero-order valence-corrected chi connectivity index (χ0v) is 13.3. The largest absolute Gasteiger partial charge is 0.455 e. The van der Waals surface area contributed by atoms with Gasteiger partial charge in [0.05, 0.1) is 4.47 Å². The molecule has 0 aliphatic rings. The van der Waals surface area contributed by atoms with Crippen LogP contribution in [0.4, 0.5) is 5.69 Å². The van der Waals surface area contributed by atoms with Gasteiger partial charge in [0.15, 0.2) is 0 Å². The first-order valence-corrected chi connectivity index (χ1v) is 8.09. The van der Waals surface area contributed by atoms with Crippen molar-refractivity contribution in [3.8, 4) is 11.5 Å². The lowest BCUT2D eigenvalue weighted by molar-refractivity contribution is 0.464. The number of nitrogens with two attached hydrogens (primary N) is 1. The van der Waals surface area contributed by atoms with Crippen LogP contribution >= 0.6 is 15.9 Å². The number of rotatable bonds is 4. The van der Waals surface area contributed by atoms with Gasteiger partial charge >= 0.3 is 0 Å². The molecule has 6 nitrogen and oxygen atoms in total. The molecular formula is C13H11BrN2O4S. The fourth-order valence-electron chi connectivity index (χ4n) is 1.67. The molecule has 2 rings (SSSR count). The van der Waals surface area contributed by atoms with E-state index in [0.29, 0.717) is 10.2 Å². The van der Waals surface area contributed by atoms with E-state index in [0.717, 1.165) is 11.6 Å². The van der Waals surface area contributed by atoms with Gasteiger partial charge in [0.1, 0.15) is 22.1 Å². The quantitative estimate of drug-likeness (QED) is 0.830. The minimum Gasteiger partial charge on any atom is -0.455 e. The van der Waals surface area contributed by atoms with Crippen LogP contribution in [0.1, 0.15) is 5.56 Å². The summed E-state index contributed by atoms with van der Waals surface area (Å²) in [4.78, 5) is 10.2. The van der Waals surface area contributed by atoms with Crippen molar-refractivity contribution in [1.29, 1.82) is 0 Å². The van der Waals surface area contributed by atoms with Crippen LogP contribution in [0.3, 0.4) is 0 Å². The topological polar surface area (TPSA) is 98.8 Å². The Bertz CT molecular complexity index is 806. The van der Waals surface area contributed by atoms with E-state index >= 15 is 0 Å². The molecule has 2 aromatic carbocycles. The second-order valence-electron chi connectivity index (χ2n) is 4.30. The van der Waals surface area contributed by atoms with Crippen molar-refractivity contribution in [3.05, 3.63) is 51.3 Å². The highest BCUT2D eigenvalue weighted by Gasteiger charge is 2.18. The van der Waals surface area contributed by atoms with E-state index in [2.05, 4.69) is 21.1 Å². The molecule has 2 N–H and O–H groups in total. The van der Waals surface area contributed by atoms with Gasteiger partial charge in [0.25, 0.3) is 0 Å². The number of benzene rings is 2. The maximum atomic E-state index is 11.6. The second kappa shape index (κ2) is 5.92. The number of nitrogens with zero attached hydrogens (tertiary/aromatic N) is 1. The van der Waals surface area contributed by atoms with E-state index in [1.54, 1.807) is 6.07 Å². The van der Waals surface area contributed by atoms with Gasteiger partial charge in [-0.2, -0.15) is 0 Å². The van der Waals surface area contributed by atoms with Crippen molar-refractivity contribution < 1.29 is 13.2 Å². The van der Waals surface area contributed by atoms with Crippen LogP contribution in [-0.4, -0.2) is 8.42 Å². The summed E-state index contributed by atoms with van der Waals surface area (Å²) in [5, 5.41) is 7.82. The average Bonchev–Trinajstić information content (AvgIpc) is 2.41. The Morgan fingerprint density at radius 1 is 1.14 bits per heavy atom. The highest BCUT2D eigenvalue weighted by molar-refractivity contribution is 9.10. The lowest BCUT2D eigenvalue weighted by Crippen LogP contribution is -2.13. The highest BCUT2D eigenvalue weighted by atomic mass is 79.9. The lowest BCUT2D eigenvalue weighted by Gasteiger charge is -2.11. The summed E-state index contributed by atoms with van der Waals surface area (Å²) >= 11 is 3.33. The van der Waals surface area contributed by atoms with Gasteiger partial charge in [-0.1, -0.05) is 6.07 Å². The van der Waals surface area contributed by atoms with Gasteiger partial charge in [-0.05, 0) is 63.9 Å². The third-order valence-corrected chi connectivity index (χ3v) is 4.20. The number of nitroso groups, excluding NO2 is 1. The molecule has 0 aromatic heterocycles. The zero-order valence-electron chi connectivity index (χ0n) is 10.9. The zero-order chi connectivity index (χ0) is 15.6. The molecule has 0 aliphatic heterocycles. The Kier molecular flexibility index (Phi) is 4.40. The van der Waals surface area contributed by atoms with Gasteiger partial charge in [-0.3, -0.25) is 0 Å². The summed E-state index contributed by atoms with van der Waals surface area (Å²) in [7, 11) is -4.05. The SMILES string of the molecule is Cc1ccc(Oc2ccc(N=O)cc2S(N)(=O)=O)c(Br)c1. The monoisotopic (exact) mass is 370 g/mol. The molecule has 0 saturated heterocycles. The first kappa shape index (κ1) is 15.6. The number of hydrogen-bond acceptors (Lipinski definition) is 5. The number of aryl methyl sites for hydroxylation is 1. The van der Waals surface area contributed by atoms with Crippen LogP contribution in [0, 0.1) is 11.8 Å². The predicted molar refractivity (Wildman–Crippen MR) is 82.2 cm³/mol. The molecule has 0 fully saturated rings. The van der Waals surface area contributed by atoms with Crippen molar-refractivity contribution in [2.24, 2.45) is 10.3 Å². The van der Waals surface area contributed by atoms with Crippen molar-refractivity contribution in [2.45, 2.75) is 11.8 Å². The minimum atomic E-state index is -4.05. The Labute approximate surface area is 130 Å². The van der Waals surface area contributed by atoms with E-state index in [1.807, 2.05) is 19.1 Å². The van der Waals surface area contributed by atoms with Crippen LogP contribution in [0.2, 0.25) is 0 Å². The van der Waals surface area contributed by atoms with Crippen molar-refractivity contribution >= 4 is 31.6 Å². The molecule has 0 radical (unpaired) electrons. The molecule has 0 aliphatic carbocycles. The molecule has 0 atom stereocenters. The van der Waals surface area contributed by atoms with Crippen molar-refractivity contribution in [1.82, 2.24) is 0 Å². The smallest absolute Gasteiger partial charge is 0.241 e. The third kappa shape index (κ3) is 3.66. The van der Waals surface area contributed by atoms with Crippen LogP contribution in [0.15, 0.2) is 50.9 Å². The van der Waals surface area contributed by atoms with Crippen LogP contribution < -0.4 is 9.88 Å². The van der Waals surface area contributed by atoms with E-state index in [9.17, 15) is 13.3 Å². The standard InChI is InChI=1S/C13H11BrN2O4S/c1-8-2-4-11(10(14)6-8)20-12-5-3-9(16-17)7-13(12)21(15,18)19/h2-7H,1H3,(H2,15,18,19). The summed E-state index contributed by atoms with van der Waals surface area (Å²) in [5.41, 5.74) is 0.968. The van der Waals surface area contributed by atoms with Crippen LogP contribution in [0.25, 0.3) is 0 Å². The molecule has 0 amide bonds. The number of ether oxygens (including phenoxy) is 1. The molecule has 0 spiro atoms. The fourth-order valence-corrected chi connectivity index (χ4v) is 2.92. The Hall–Kier alpha value is -1.77. The van der Waals surface area contributed by atoms with Gasteiger partial charge in [-0.25, -0.2) is 13.6 Å². The average molecular weight is 371 g/mol. The molecule has 0 heterocycles. The highest BCUT2D eigenvalue weighted by Crippen LogP contribution is 2.35. The van der Waals surface area contributed by atoms with E-state index < -0.39 is 10.0 Å². The number of primary sulfonamides is 1. The second-order valence-corrected chi connectivity index (χ2v) is 6.69. The lowest BCUT2D eigenvalue weighted by atomic mass is 10.2. The molecule has 0 bridgehead atoms. The molecule has 110 valence electrons. The minimum absolute atomic E-state index is 0.0226. The first-order chi connectivity index (χ1) is 9.81. The molecule has 21 heavy (non-hydrogen) atoms. The molecule has 2 aromatic rings. The summed E-state index contributed by atoms with van der Waals surface area (Å²) in [5.74, 6) is 0.451. The van der Waals surface area contributed by atoms with E-state index in [-0.39, 0.29) is 16.3 Å². The maximum Gasteiger partial charge on any atom is 0.241 e. The summed E-state index contributed by atoms with van der Waals surface area (Å²) in [6.07, 6.45) is 0. The number of sulfonamides is 1. The van der Waals surface area contributed by atoms with Crippen LogP contribution in [-0.2, 0) is 10.0 Å². The molecule has 0 saturated carbocycles. The third-order valence-electron chi connectivity index (χ3n) is 2.65. The molecular weight excluding hydrogens is 360 g/mol. The number of halogens is 1. The number of hydrogen-bond donors (Lipinski definition) is 1.